The number of hydrogen-bond acceptors (Lipinski definition) is 4. The summed E-state index contributed by atoms with van der Waals surface area (Å²) < 4.78 is 5.64. The van der Waals surface area contributed by atoms with E-state index in [1.54, 1.807) is 7.11 Å². The lowest BCUT2D eigenvalue weighted by Gasteiger charge is -2.40. The summed E-state index contributed by atoms with van der Waals surface area (Å²) in [7, 11) is 1.75. The van der Waals surface area contributed by atoms with Crippen LogP contribution >= 0.6 is 0 Å². The third-order valence-electron chi connectivity index (χ3n) is 4.28. The van der Waals surface area contributed by atoms with Gasteiger partial charge in [0.05, 0.1) is 16.7 Å². The second kappa shape index (κ2) is 5.34. The molecular formula is C17H19N3O. The Balaban J connectivity index is 2.05. The van der Waals surface area contributed by atoms with Crippen LogP contribution in [-0.2, 0) is 4.74 Å². The number of rotatable bonds is 2. The van der Waals surface area contributed by atoms with E-state index in [4.69, 9.17) is 9.72 Å². The first-order valence-corrected chi connectivity index (χ1v) is 7.25. The molecule has 1 saturated heterocycles. The summed E-state index contributed by atoms with van der Waals surface area (Å²) in [4.78, 5) is 6.90. The first-order chi connectivity index (χ1) is 10.1. The molecule has 0 bridgehead atoms. The number of methoxy groups -OCH3 is 1. The number of hydrogen-bond donors (Lipinski definition) is 0. The van der Waals surface area contributed by atoms with E-state index in [0.29, 0.717) is 5.56 Å². The van der Waals surface area contributed by atoms with Crippen LogP contribution in [0.3, 0.4) is 0 Å². The zero-order valence-electron chi connectivity index (χ0n) is 12.5. The van der Waals surface area contributed by atoms with Gasteiger partial charge in [-0.25, -0.2) is 4.98 Å². The van der Waals surface area contributed by atoms with Gasteiger partial charge < -0.3 is 9.64 Å². The van der Waals surface area contributed by atoms with Crippen molar-refractivity contribution < 1.29 is 4.74 Å². The number of aromatic nitrogens is 1. The van der Waals surface area contributed by atoms with Crippen molar-refractivity contribution in [2.75, 3.05) is 25.1 Å². The van der Waals surface area contributed by atoms with Crippen LogP contribution in [0.4, 0.5) is 5.82 Å². The minimum absolute atomic E-state index is 0.168. The molecule has 1 aromatic heterocycles. The van der Waals surface area contributed by atoms with Gasteiger partial charge in [0.15, 0.2) is 0 Å². The molecule has 1 aromatic carbocycles. The largest absolute Gasteiger partial charge is 0.377 e. The summed E-state index contributed by atoms with van der Waals surface area (Å²) >= 11 is 0. The lowest BCUT2D eigenvalue weighted by atomic mass is 9.94. The zero-order chi connectivity index (χ0) is 14.9. The molecule has 0 spiro atoms. The Hall–Kier alpha value is -2.12. The molecule has 21 heavy (non-hydrogen) atoms. The molecule has 1 unspecified atom stereocenters. The molecule has 4 heteroatoms. The van der Waals surface area contributed by atoms with Crippen molar-refractivity contribution in [3.05, 3.63) is 35.9 Å². The Morgan fingerprint density at radius 1 is 1.38 bits per heavy atom. The molecule has 1 atom stereocenters. The highest BCUT2D eigenvalue weighted by Crippen LogP contribution is 2.30. The van der Waals surface area contributed by atoms with Gasteiger partial charge in [-0.2, -0.15) is 5.26 Å². The van der Waals surface area contributed by atoms with E-state index < -0.39 is 0 Å². The van der Waals surface area contributed by atoms with E-state index >= 15 is 0 Å². The molecule has 0 N–H and O–H groups in total. The highest BCUT2D eigenvalue weighted by Gasteiger charge is 2.32. The van der Waals surface area contributed by atoms with E-state index in [2.05, 4.69) is 17.9 Å². The van der Waals surface area contributed by atoms with E-state index in [0.717, 1.165) is 42.7 Å². The maximum atomic E-state index is 9.45. The fourth-order valence-corrected chi connectivity index (χ4v) is 2.98. The SMILES string of the molecule is COC1(C)CCCN(c2nc3ccccc3cc2C#N)C1. The number of fused-ring (bicyclic) bond motifs is 1. The van der Waals surface area contributed by atoms with Crippen molar-refractivity contribution in [2.24, 2.45) is 0 Å². The summed E-state index contributed by atoms with van der Waals surface area (Å²) in [6.45, 7) is 3.80. The number of piperidine rings is 1. The van der Waals surface area contributed by atoms with Crippen molar-refractivity contribution >= 4 is 16.7 Å². The Morgan fingerprint density at radius 3 is 2.95 bits per heavy atom. The van der Waals surface area contributed by atoms with Gasteiger partial charge in [-0.15, -0.1) is 0 Å². The summed E-state index contributed by atoms with van der Waals surface area (Å²) in [6.07, 6.45) is 2.08. The van der Waals surface area contributed by atoms with Crippen LogP contribution in [0.2, 0.25) is 0 Å². The molecule has 3 rings (SSSR count). The molecule has 1 fully saturated rings. The zero-order valence-corrected chi connectivity index (χ0v) is 12.5. The number of pyridine rings is 1. The van der Waals surface area contributed by atoms with Gasteiger partial charge in [0.25, 0.3) is 0 Å². The van der Waals surface area contributed by atoms with Gasteiger partial charge in [-0.05, 0) is 31.9 Å². The molecule has 0 saturated carbocycles. The minimum Gasteiger partial charge on any atom is -0.377 e. The second-order valence-corrected chi connectivity index (χ2v) is 5.84. The standard InChI is InChI=1S/C17H19N3O/c1-17(21-2)8-5-9-20(12-17)16-14(11-18)10-13-6-3-4-7-15(13)19-16/h3-4,6-7,10H,5,8-9,12H2,1-2H3. The number of para-hydroxylation sites is 1. The van der Waals surface area contributed by atoms with Crippen LogP contribution in [0.1, 0.15) is 25.3 Å². The van der Waals surface area contributed by atoms with E-state index in [9.17, 15) is 5.26 Å². The monoisotopic (exact) mass is 281 g/mol. The van der Waals surface area contributed by atoms with Gasteiger partial charge in [0.2, 0.25) is 0 Å². The molecule has 1 aliphatic rings. The second-order valence-electron chi connectivity index (χ2n) is 5.84. The number of anilines is 1. The Kier molecular flexibility index (Phi) is 3.52. The van der Waals surface area contributed by atoms with Crippen LogP contribution in [-0.4, -0.2) is 30.8 Å². The number of ether oxygens (including phenoxy) is 1. The third kappa shape index (κ3) is 2.57. The predicted octanol–water partition coefficient (Wildman–Crippen LogP) is 3.11. The Bertz CT molecular complexity index is 707. The molecule has 0 amide bonds. The maximum absolute atomic E-state index is 9.45. The average molecular weight is 281 g/mol. The average Bonchev–Trinajstić information content (AvgIpc) is 2.53. The molecule has 0 radical (unpaired) electrons. The molecule has 4 nitrogen and oxygen atoms in total. The molecule has 0 aliphatic carbocycles. The van der Waals surface area contributed by atoms with Crippen LogP contribution in [0.5, 0.6) is 0 Å². The quantitative estimate of drug-likeness (QED) is 0.848. The third-order valence-corrected chi connectivity index (χ3v) is 4.28. The number of benzene rings is 1. The minimum atomic E-state index is -0.168. The van der Waals surface area contributed by atoms with E-state index in [1.807, 2.05) is 30.3 Å². The topological polar surface area (TPSA) is 49.1 Å². The van der Waals surface area contributed by atoms with Gasteiger partial charge in [0.1, 0.15) is 11.9 Å². The fourth-order valence-electron chi connectivity index (χ4n) is 2.98. The molecule has 1 aliphatic heterocycles. The predicted molar refractivity (Wildman–Crippen MR) is 83.3 cm³/mol. The molecule has 108 valence electrons. The van der Waals surface area contributed by atoms with Gasteiger partial charge in [-0.3, -0.25) is 0 Å². The molecule has 2 aromatic rings. The van der Waals surface area contributed by atoms with Crippen molar-refractivity contribution in [1.29, 1.82) is 5.26 Å². The number of nitriles is 1. The first-order valence-electron chi connectivity index (χ1n) is 7.25. The summed E-state index contributed by atoms with van der Waals surface area (Å²) in [5, 5.41) is 10.5. The van der Waals surface area contributed by atoms with Crippen molar-refractivity contribution in [3.8, 4) is 6.07 Å². The highest BCUT2D eigenvalue weighted by atomic mass is 16.5. The van der Waals surface area contributed by atoms with Gasteiger partial charge >= 0.3 is 0 Å². The van der Waals surface area contributed by atoms with E-state index in [1.165, 1.54) is 0 Å². The number of nitrogens with zero attached hydrogens (tertiary/aromatic N) is 3. The smallest absolute Gasteiger partial charge is 0.147 e. The highest BCUT2D eigenvalue weighted by molar-refractivity contribution is 5.83. The maximum Gasteiger partial charge on any atom is 0.147 e. The summed E-state index contributed by atoms with van der Waals surface area (Å²) in [6, 6.07) is 12.1. The van der Waals surface area contributed by atoms with E-state index in [-0.39, 0.29) is 5.60 Å². The Labute approximate surface area is 125 Å². The fraction of sp³-hybridized carbons (Fsp3) is 0.412. The van der Waals surface area contributed by atoms with Crippen molar-refractivity contribution in [2.45, 2.75) is 25.4 Å². The van der Waals surface area contributed by atoms with Crippen LogP contribution < -0.4 is 4.90 Å². The normalized spacial score (nSPS) is 22.2. The summed E-state index contributed by atoms with van der Waals surface area (Å²) in [5.74, 6) is 0.777. The van der Waals surface area contributed by atoms with Crippen LogP contribution in [0.25, 0.3) is 10.9 Å². The molecular weight excluding hydrogens is 262 g/mol. The van der Waals surface area contributed by atoms with Gasteiger partial charge in [-0.1, -0.05) is 18.2 Å². The van der Waals surface area contributed by atoms with Gasteiger partial charge in [0, 0.05) is 25.6 Å². The first kappa shape index (κ1) is 13.8. The Morgan fingerprint density at radius 2 is 2.19 bits per heavy atom. The van der Waals surface area contributed by atoms with Crippen molar-refractivity contribution in [1.82, 2.24) is 4.98 Å². The summed E-state index contributed by atoms with van der Waals surface area (Å²) in [5.41, 5.74) is 1.39. The lowest BCUT2D eigenvalue weighted by Crippen LogP contribution is -2.48. The molecule has 2 heterocycles. The van der Waals surface area contributed by atoms with Crippen molar-refractivity contribution in [3.63, 3.8) is 0 Å². The lowest BCUT2D eigenvalue weighted by molar-refractivity contribution is -0.00481. The van der Waals surface area contributed by atoms with Crippen LogP contribution in [0, 0.1) is 11.3 Å². The van der Waals surface area contributed by atoms with Crippen LogP contribution in [0.15, 0.2) is 30.3 Å².